The molecule has 0 aliphatic rings. The topological polar surface area (TPSA) is 66.8 Å². The number of halogens is 1. The van der Waals surface area contributed by atoms with Crippen LogP contribution in [-0.2, 0) is 4.74 Å². The monoisotopic (exact) mass is 238 g/mol. The maximum absolute atomic E-state index is 13.4. The van der Waals surface area contributed by atoms with Crippen LogP contribution in [0.5, 0.6) is 0 Å². The van der Waals surface area contributed by atoms with E-state index in [1.54, 1.807) is 0 Å². The molecule has 0 amide bonds. The van der Waals surface area contributed by atoms with Crippen LogP contribution in [0.25, 0.3) is 0 Å². The molecule has 4 nitrogen and oxygen atoms in total. The quantitative estimate of drug-likeness (QED) is 0.457. The minimum absolute atomic E-state index is 0.0707. The fourth-order valence-electron chi connectivity index (χ4n) is 1.30. The number of benzene rings is 1. The van der Waals surface area contributed by atoms with E-state index in [9.17, 15) is 9.18 Å². The van der Waals surface area contributed by atoms with Crippen molar-refractivity contribution < 1.29 is 24.0 Å². The van der Waals surface area contributed by atoms with E-state index in [-0.39, 0.29) is 22.3 Å². The Balaban J connectivity index is 3.19. The molecule has 0 fully saturated rings. The second-order valence-electron chi connectivity index (χ2n) is 3.64. The largest absolute Gasteiger partial charge is 0.488 e. The molecule has 0 radical (unpaired) electrons. The first-order valence-electron chi connectivity index (χ1n) is 4.86. The Morgan fingerprint density at radius 2 is 2.06 bits per heavy atom. The highest BCUT2D eigenvalue weighted by Crippen LogP contribution is 2.10. The minimum atomic E-state index is -1.85. The van der Waals surface area contributed by atoms with Gasteiger partial charge in [0, 0.05) is 0 Å². The Hall–Kier alpha value is -1.66. The van der Waals surface area contributed by atoms with E-state index in [2.05, 4.69) is 6.58 Å². The Labute approximate surface area is 98.5 Å². The van der Waals surface area contributed by atoms with E-state index in [1.165, 1.54) is 19.9 Å². The van der Waals surface area contributed by atoms with Crippen LogP contribution in [0.3, 0.4) is 0 Å². The predicted octanol–water partition coefficient (Wildman–Crippen LogP) is 0.504. The van der Waals surface area contributed by atoms with Crippen molar-refractivity contribution in [2.24, 2.45) is 0 Å². The molecule has 0 saturated heterocycles. The van der Waals surface area contributed by atoms with Gasteiger partial charge in [-0.3, -0.25) is 0 Å². The summed E-state index contributed by atoms with van der Waals surface area (Å²) in [4.78, 5) is 11.5. The SMILES string of the molecule is C=C(C)OC(=O)c1cc(F)c(C)c(B(O)O)c1. The van der Waals surface area contributed by atoms with Gasteiger partial charge in [-0.25, -0.2) is 9.18 Å². The van der Waals surface area contributed by atoms with Crippen LogP contribution >= 0.6 is 0 Å². The van der Waals surface area contributed by atoms with Crippen LogP contribution in [-0.4, -0.2) is 23.1 Å². The number of hydrogen-bond acceptors (Lipinski definition) is 4. The third-order valence-corrected chi connectivity index (χ3v) is 2.17. The lowest BCUT2D eigenvalue weighted by Gasteiger charge is -2.09. The van der Waals surface area contributed by atoms with Gasteiger partial charge >= 0.3 is 13.1 Å². The molecule has 90 valence electrons. The second kappa shape index (κ2) is 5.12. The van der Waals surface area contributed by atoms with Crippen molar-refractivity contribution in [3.63, 3.8) is 0 Å². The van der Waals surface area contributed by atoms with E-state index < -0.39 is 18.9 Å². The van der Waals surface area contributed by atoms with Gasteiger partial charge in [-0.1, -0.05) is 6.58 Å². The van der Waals surface area contributed by atoms with Gasteiger partial charge < -0.3 is 14.8 Å². The van der Waals surface area contributed by atoms with Gasteiger partial charge in [-0.15, -0.1) is 0 Å². The number of ether oxygens (including phenoxy) is 1. The van der Waals surface area contributed by atoms with Crippen molar-refractivity contribution in [3.8, 4) is 0 Å². The molecule has 1 aromatic carbocycles. The maximum atomic E-state index is 13.4. The highest BCUT2D eigenvalue weighted by Gasteiger charge is 2.20. The van der Waals surface area contributed by atoms with E-state index >= 15 is 0 Å². The van der Waals surface area contributed by atoms with Crippen LogP contribution in [0.1, 0.15) is 22.8 Å². The summed E-state index contributed by atoms with van der Waals surface area (Å²) in [5.74, 6) is -1.33. The van der Waals surface area contributed by atoms with Crippen LogP contribution in [0.15, 0.2) is 24.5 Å². The van der Waals surface area contributed by atoms with Crippen molar-refractivity contribution in [2.75, 3.05) is 0 Å². The lowest BCUT2D eigenvalue weighted by atomic mass is 9.76. The molecule has 0 unspecified atom stereocenters. The molecule has 0 atom stereocenters. The van der Waals surface area contributed by atoms with Crippen molar-refractivity contribution in [1.82, 2.24) is 0 Å². The van der Waals surface area contributed by atoms with Gasteiger partial charge in [0.2, 0.25) is 0 Å². The highest BCUT2D eigenvalue weighted by atomic mass is 19.1. The summed E-state index contributed by atoms with van der Waals surface area (Å²) >= 11 is 0. The third-order valence-electron chi connectivity index (χ3n) is 2.17. The molecular weight excluding hydrogens is 226 g/mol. The van der Waals surface area contributed by atoms with Crippen LogP contribution in [0.4, 0.5) is 4.39 Å². The molecule has 0 aliphatic heterocycles. The summed E-state index contributed by atoms with van der Waals surface area (Å²) in [6.07, 6.45) is 0. The molecule has 0 aliphatic carbocycles. The van der Waals surface area contributed by atoms with Crippen molar-refractivity contribution >= 4 is 18.6 Å². The van der Waals surface area contributed by atoms with Gasteiger partial charge in [-0.05, 0) is 37.0 Å². The zero-order valence-corrected chi connectivity index (χ0v) is 9.53. The molecule has 0 aromatic heterocycles. The minimum Gasteiger partial charge on any atom is -0.428 e. The smallest absolute Gasteiger partial charge is 0.428 e. The first-order valence-corrected chi connectivity index (χ1v) is 4.86. The van der Waals surface area contributed by atoms with Crippen molar-refractivity contribution in [3.05, 3.63) is 41.4 Å². The average Bonchev–Trinajstić information content (AvgIpc) is 2.20. The summed E-state index contributed by atoms with van der Waals surface area (Å²) in [7, 11) is -1.85. The number of carbonyl (C=O) groups excluding carboxylic acids is 1. The van der Waals surface area contributed by atoms with Gasteiger partial charge in [0.15, 0.2) is 0 Å². The van der Waals surface area contributed by atoms with Gasteiger partial charge in [0.1, 0.15) is 5.82 Å². The normalized spacial score (nSPS) is 9.94. The lowest BCUT2D eigenvalue weighted by Crippen LogP contribution is -2.33. The summed E-state index contributed by atoms with van der Waals surface area (Å²) in [5.41, 5.74) is -0.0928. The standard InChI is InChI=1S/C11H12BFO4/c1-6(2)17-11(14)8-4-9(12(15)16)7(3)10(13)5-8/h4-5,15-16H,1H2,2-3H3. The summed E-state index contributed by atoms with van der Waals surface area (Å²) in [5, 5.41) is 18.1. The van der Waals surface area contributed by atoms with E-state index in [0.717, 1.165) is 6.07 Å². The average molecular weight is 238 g/mol. The number of rotatable bonds is 3. The molecule has 0 saturated carbocycles. The number of allylic oxidation sites excluding steroid dienone is 1. The molecule has 2 N–H and O–H groups in total. The number of carbonyl (C=O) groups is 1. The molecule has 0 heterocycles. The third kappa shape index (κ3) is 3.15. The summed E-state index contributed by atoms with van der Waals surface area (Å²) in [6.45, 7) is 6.25. The fourth-order valence-corrected chi connectivity index (χ4v) is 1.30. The van der Waals surface area contributed by atoms with Gasteiger partial charge in [0.25, 0.3) is 0 Å². The molecule has 0 bridgehead atoms. The number of hydrogen-bond donors (Lipinski definition) is 2. The summed E-state index contributed by atoms with van der Waals surface area (Å²) < 4.78 is 18.1. The van der Waals surface area contributed by atoms with E-state index in [0.29, 0.717) is 0 Å². The molecule has 1 rings (SSSR count). The summed E-state index contributed by atoms with van der Waals surface area (Å²) in [6, 6.07) is 2.15. The first-order chi connectivity index (χ1) is 7.82. The van der Waals surface area contributed by atoms with Crippen molar-refractivity contribution in [1.29, 1.82) is 0 Å². The Bertz CT molecular complexity index is 471. The van der Waals surface area contributed by atoms with Crippen LogP contribution in [0, 0.1) is 12.7 Å². The maximum Gasteiger partial charge on any atom is 0.488 e. The number of esters is 1. The van der Waals surface area contributed by atoms with E-state index in [4.69, 9.17) is 14.8 Å². The lowest BCUT2D eigenvalue weighted by molar-refractivity contribution is 0.0627. The fraction of sp³-hybridized carbons (Fsp3) is 0.182. The second-order valence-corrected chi connectivity index (χ2v) is 3.64. The molecule has 1 aromatic rings. The molecular formula is C11H12BFO4. The Kier molecular flexibility index (Phi) is 4.04. The Morgan fingerprint density at radius 1 is 1.47 bits per heavy atom. The molecule has 0 spiro atoms. The molecule has 6 heteroatoms. The Morgan fingerprint density at radius 3 is 2.53 bits per heavy atom. The first kappa shape index (κ1) is 13.4. The van der Waals surface area contributed by atoms with Crippen molar-refractivity contribution in [2.45, 2.75) is 13.8 Å². The highest BCUT2D eigenvalue weighted by molar-refractivity contribution is 6.59. The van der Waals surface area contributed by atoms with Crippen LogP contribution in [0.2, 0.25) is 0 Å². The zero-order valence-electron chi connectivity index (χ0n) is 9.53. The zero-order chi connectivity index (χ0) is 13.2. The van der Waals surface area contributed by atoms with Gasteiger partial charge in [0.05, 0.1) is 11.3 Å². The van der Waals surface area contributed by atoms with Gasteiger partial charge in [-0.2, -0.15) is 0 Å². The van der Waals surface area contributed by atoms with Crippen LogP contribution < -0.4 is 5.46 Å². The predicted molar refractivity (Wildman–Crippen MR) is 61.2 cm³/mol. The molecule has 17 heavy (non-hydrogen) atoms. The van der Waals surface area contributed by atoms with E-state index in [1.807, 2.05) is 0 Å².